The van der Waals surface area contributed by atoms with Crippen molar-refractivity contribution in [3.63, 3.8) is 0 Å². The zero-order chi connectivity index (χ0) is 16.1. The first kappa shape index (κ1) is 18.7. The molecule has 6 nitrogen and oxygen atoms in total. The lowest BCUT2D eigenvalue weighted by atomic mass is 10.2. The molecule has 2 amide bonds. The molecule has 0 aromatic heterocycles. The molecule has 1 fully saturated rings. The van der Waals surface area contributed by atoms with Gasteiger partial charge in [0.2, 0.25) is 11.8 Å². The number of ether oxygens (including phenoxy) is 1. The van der Waals surface area contributed by atoms with Gasteiger partial charge in [-0.15, -0.1) is 12.4 Å². The molecule has 7 heteroatoms. The van der Waals surface area contributed by atoms with E-state index in [2.05, 4.69) is 16.7 Å². The lowest BCUT2D eigenvalue weighted by Gasteiger charge is -2.22. The number of hydrogen-bond acceptors (Lipinski definition) is 4. The summed E-state index contributed by atoms with van der Waals surface area (Å²) in [6.45, 7) is 3.15. The fourth-order valence-corrected chi connectivity index (χ4v) is 3.03. The van der Waals surface area contributed by atoms with Crippen molar-refractivity contribution in [3.8, 4) is 0 Å². The largest absolute Gasteiger partial charge is 0.366 e. The third-order valence-corrected chi connectivity index (χ3v) is 4.27. The lowest BCUT2D eigenvalue weighted by Crippen LogP contribution is -2.48. The van der Waals surface area contributed by atoms with Crippen LogP contribution in [0.1, 0.15) is 18.4 Å². The second-order valence-electron chi connectivity index (χ2n) is 5.88. The molecule has 2 N–H and O–H groups in total. The monoisotopic (exact) mass is 353 g/mol. The molecule has 132 valence electrons. The number of para-hydroxylation sites is 1. The fraction of sp³-hybridized carbons (Fsp3) is 0.529. The number of carbonyl (C=O) groups is 2. The van der Waals surface area contributed by atoms with E-state index >= 15 is 0 Å². The number of benzene rings is 1. The average molecular weight is 354 g/mol. The summed E-state index contributed by atoms with van der Waals surface area (Å²) in [5.74, 6) is 0.0240. The van der Waals surface area contributed by atoms with Crippen molar-refractivity contribution < 1.29 is 14.3 Å². The Kier molecular flexibility index (Phi) is 7.02. The molecular formula is C17H24ClN3O3. The van der Waals surface area contributed by atoms with Gasteiger partial charge in [0.1, 0.15) is 6.10 Å². The van der Waals surface area contributed by atoms with Crippen LogP contribution in [0.15, 0.2) is 24.3 Å². The molecule has 2 aliphatic heterocycles. The van der Waals surface area contributed by atoms with Crippen LogP contribution in [0.3, 0.4) is 0 Å². The SMILES string of the molecule is Cl.O=C(NCCCC(=O)N1CCc2ccccc21)C1CNCCO1. The van der Waals surface area contributed by atoms with Crippen LogP contribution in [0.2, 0.25) is 0 Å². The van der Waals surface area contributed by atoms with E-state index in [9.17, 15) is 9.59 Å². The number of nitrogens with zero attached hydrogens (tertiary/aromatic N) is 1. The second kappa shape index (κ2) is 9.01. The van der Waals surface area contributed by atoms with Crippen LogP contribution in [0.5, 0.6) is 0 Å². The molecule has 1 aromatic carbocycles. The first-order chi connectivity index (χ1) is 11.3. The Labute approximate surface area is 148 Å². The molecule has 3 rings (SSSR count). The van der Waals surface area contributed by atoms with Crippen molar-refractivity contribution >= 4 is 29.9 Å². The van der Waals surface area contributed by atoms with E-state index in [1.807, 2.05) is 23.1 Å². The number of hydrogen-bond donors (Lipinski definition) is 2. The summed E-state index contributed by atoms with van der Waals surface area (Å²) in [5.41, 5.74) is 2.26. The van der Waals surface area contributed by atoms with Crippen molar-refractivity contribution in [2.24, 2.45) is 0 Å². The van der Waals surface area contributed by atoms with Gasteiger partial charge in [0, 0.05) is 38.3 Å². The van der Waals surface area contributed by atoms with Gasteiger partial charge in [-0.2, -0.15) is 0 Å². The van der Waals surface area contributed by atoms with Crippen LogP contribution in [0.4, 0.5) is 5.69 Å². The molecule has 0 bridgehead atoms. The van der Waals surface area contributed by atoms with E-state index in [-0.39, 0.29) is 24.2 Å². The number of nitrogens with one attached hydrogen (secondary N) is 2. The minimum atomic E-state index is -0.412. The molecule has 1 atom stereocenters. The zero-order valence-corrected chi connectivity index (χ0v) is 14.4. The van der Waals surface area contributed by atoms with E-state index in [0.29, 0.717) is 32.5 Å². The highest BCUT2D eigenvalue weighted by molar-refractivity contribution is 5.95. The molecular weight excluding hydrogens is 330 g/mol. The predicted octanol–water partition coefficient (Wildman–Crippen LogP) is 0.882. The van der Waals surface area contributed by atoms with Crippen LogP contribution in [0, 0.1) is 0 Å². The highest BCUT2D eigenvalue weighted by atomic mass is 35.5. The third-order valence-electron chi connectivity index (χ3n) is 4.27. The van der Waals surface area contributed by atoms with Crippen molar-refractivity contribution in [1.82, 2.24) is 10.6 Å². The Bertz CT molecular complexity index is 576. The molecule has 1 unspecified atom stereocenters. The summed E-state index contributed by atoms with van der Waals surface area (Å²) < 4.78 is 5.39. The van der Waals surface area contributed by atoms with E-state index in [1.54, 1.807) is 0 Å². The summed E-state index contributed by atoms with van der Waals surface area (Å²) in [4.78, 5) is 26.1. The average Bonchev–Trinajstić information content (AvgIpc) is 3.03. The fourth-order valence-electron chi connectivity index (χ4n) is 3.03. The van der Waals surface area contributed by atoms with Crippen LogP contribution in [-0.2, 0) is 20.7 Å². The summed E-state index contributed by atoms with van der Waals surface area (Å²) in [6, 6.07) is 8.03. The van der Waals surface area contributed by atoms with Gasteiger partial charge in [-0.25, -0.2) is 0 Å². The summed E-state index contributed by atoms with van der Waals surface area (Å²) in [7, 11) is 0. The molecule has 0 spiro atoms. The van der Waals surface area contributed by atoms with Crippen molar-refractivity contribution in [2.45, 2.75) is 25.4 Å². The molecule has 1 saturated heterocycles. The second-order valence-corrected chi connectivity index (χ2v) is 5.88. The maximum Gasteiger partial charge on any atom is 0.250 e. The van der Waals surface area contributed by atoms with Gasteiger partial charge in [-0.05, 0) is 24.5 Å². The number of fused-ring (bicyclic) bond motifs is 1. The Balaban J connectivity index is 0.00000208. The van der Waals surface area contributed by atoms with E-state index in [1.165, 1.54) is 5.56 Å². The number of rotatable bonds is 5. The summed E-state index contributed by atoms with van der Waals surface area (Å²) >= 11 is 0. The first-order valence-corrected chi connectivity index (χ1v) is 8.24. The highest BCUT2D eigenvalue weighted by Crippen LogP contribution is 2.27. The smallest absolute Gasteiger partial charge is 0.250 e. The van der Waals surface area contributed by atoms with Crippen LogP contribution >= 0.6 is 12.4 Å². The lowest BCUT2D eigenvalue weighted by molar-refractivity contribution is -0.134. The molecule has 1 aromatic rings. The predicted molar refractivity (Wildman–Crippen MR) is 94.6 cm³/mol. The quantitative estimate of drug-likeness (QED) is 0.771. The van der Waals surface area contributed by atoms with Crippen molar-refractivity contribution in [3.05, 3.63) is 29.8 Å². The maximum absolute atomic E-state index is 12.3. The molecule has 2 aliphatic rings. The van der Waals surface area contributed by atoms with Gasteiger partial charge < -0.3 is 20.3 Å². The Morgan fingerprint density at radius 1 is 1.33 bits per heavy atom. The third kappa shape index (κ3) is 4.47. The van der Waals surface area contributed by atoms with Crippen LogP contribution in [-0.4, -0.2) is 50.7 Å². The van der Waals surface area contributed by atoms with E-state index in [0.717, 1.165) is 25.2 Å². The maximum atomic E-state index is 12.3. The molecule has 0 aliphatic carbocycles. The van der Waals surface area contributed by atoms with Gasteiger partial charge in [-0.1, -0.05) is 18.2 Å². The molecule has 0 saturated carbocycles. The first-order valence-electron chi connectivity index (χ1n) is 8.24. The van der Waals surface area contributed by atoms with Gasteiger partial charge >= 0.3 is 0 Å². The summed E-state index contributed by atoms with van der Waals surface area (Å²) in [6.07, 6.45) is 1.59. The summed E-state index contributed by atoms with van der Waals surface area (Å²) in [5, 5.41) is 5.97. The van der Waals surface area contributed by atoms with Gasteiger partial charge in [0.25, 0.3) is 0 Å². The van der Waals surface area contributed by atoms with Gasteiger partial charge in [0.15, 0.2) is 0 Å². The van der Waals surface area contributed by atoms with Crippen LogP contribution < -0.4 is 15.5 Å². The van der Waals surface area contributed by atoms with Crippen LogP contribution in [0.25, 0.3) is 0 Å². The van der Waals surface area contributed by atoms with E-state index in [4.69, 9.17) is 4.74 Å². The van der Waals surface area contributed by atoms with Gasteiger partial charge in [0.05, 0.1) is 6.61 Å². The Morgan fingerprint density at radius 3 is 2.96 bits per heavy atom. The zero-order valence-electron chi connectivity index (χ0n) is 13.6. The number of halogens is 1. The minimum absolute atomic E-state index is 0. The topological polar surface area (TPSA) is 70.7 Å². The number of carbonyl (C=O) groups excluding carboxylic acids is 2. The van der Waals surface area contributed by atoms with Gasteiger partial charge in [-0.3, -0.25) is 9.59 Å². The molecule has 0 radical (unpaired) electrons. The standard InChI is InChI=1S/C17H23N3O3.ClH/c21-16(20-10-7-13-4-1-2-5-14(13)20)6-3-8-19-17(22)15-12-18-9-11-23-15;/h1-2,4-5,15,18H,3,6-12H2,(H,19,22);1H. The van der Waals surface area contributed by atoms with Crippen molar-refractivity contribution in [1.29, 1.82) is 0 Å². The molecule has 2 heterocycles. The number of morpholine rings is 1. The Hall–Kier alpha value is -1.63. The number of amides is 2. The van der Waals surface area contributed by atoms with Crippen molar-refractivity contribution in [2.75, 3.05) is 37.7 Å². The normalized spacial score (nSPS) is 19.3. The van der Waals surface area contributed by atoms with E-state index < -0.39 is 6.10 Å². The number of anilines is 1. The minimum Gasteiger partial charge on any atom is -0.366 e. The highest BCUT2D eigenvalue weighted by Gasteiger charge is 2.24. The Morgan fingerprint density at radius 2 is 2.17 bits per heavy atom. The molecule has 24 heavy (non-hydrogen) atoms.